The first-order chi connectivity index (χ1) is 17.6. The van der Waals surface area contributed by atoms with Crippen LogP contribution in [0, 0.1) is 6.92 Å². The topological polar surface area (TPSA) is 125 Å². The molecule has 0 atom stereocenters. The van der Waals surface area contributed by atoms with Crippen molar-refractivity contribution < 1.29 is 4.79 Å². The van der Waals surface area contributed by atoms with E-state index in [0.717, 1.165) is 33.2 Å². The Morgan fingerprint density at radius 3 is 2.64 bits per heavy atom. The predicted octanol–water partition coefficient (Wildman–Crippen LogP) is 5.28. The first-order valence-electron chi connectivity index (χ1n) is 11.6. The minimum Gasteiger partial charge on any atom is -0.321 e. The number of nitrogens with zero attached hydrogens (tertiary/aromatic N) is 5. The number of benzene rings is 1. The van der Waals surface area contributed by atoms with Crippen molar-refractivity contribution in [1.82, 2.24) is 35.1 Å². The van der Waals surface area contributed by atoms with Gasteiger partial charge in [0.05, 0.1) is 5.39 Å². The number of hydrogen-bond donors (Lipinski definition) is 3. The van der Waals surface area contributed by atoms with Gasteiger partial charge in [-0.15, -0.1) is 0 Å². The summed E-state index contributed by atoms with van der Waals surface area (Å²) in [5.74, 6) is 1.05. The van der Waals surface area contributed by atoms with Crippen molar-refractivity contribution in [2.75, 3.05) is 5.32 Å². The van der Waals surface area contributed by atoms with Gasteiger partial charge in [0.1, 0.15) is 17.0 Å². The number of fused-ring (bicyclic) bond motifs is 2. The lowest BCUT2D eigenvalue weighted by atomic mass is 10.0. The maximum Gasteiger partial charge on any atom is 0.225 e. The number of amides is 1. The molecule has 0 saturated heterocycles. The summed E-state index contributed by atoms with van der Waals surface area (Å²) in [5.41, 5.74) is 7.81. The Hall–Kier alpha value is -4.92. The molecule has 3 N–H and O–H groups in total. The highest BCUT2D eigenvalue weighted by Crippen LogP contribution is 2.32. The van der Waals surface area contributed by atoms with E-state index >= 15 is 0 Å². The molecule has 176 valence electrons. The third kappa shape index (κ3) is 3.86. The van der Waals surface area contributed by atoms with E-state index in [0.29, 0.717) is 35.1 Å². The number of carbonyl (C=O) groups excluding carboxylic acids is 1. The lowest BCUT2D eigenvalue weighted by Crippen LogP contribution is -2.10. The molecular weight excluding hydrogens is 452 g/mol. The summed E-state index contributed by atoms with van der Waals surface area (Å²) in [7, 11) is 0. The summed E-state index contributed by atoms with van der Waals surface area (Å²) < 4.78 is 0. The largest absolute Gasteiger partial charge is 0.321 e. The van der Waals surface area contributed by atoms with Crippen LogP contribution in [0.5, 0.6) is 0 Å². The van der Waals surface area contributed by atoms with E-state index in [-0.39, 0.29) is 5.91 Å². The average Bonchev–Trinajstić information content (AvgIpc) is 3.52. The van der Waals surface area contributed by atoms with Gasteiger partial charge >= 0.3 is 0 Å². The minimum absolute atomic E-state index is 0.0766. The van der Waals surface area contributed by atoms with Crippen LogP contribution in [-0.4, -0.2) is 41.0 Å². The fraction of sp³-hybridized carbons (Fsp3) is 0.111. The zero-order valence-corrected chi connectivity index (χ0v) is 19.7. The Bertz CT molecular complexity index is 1730. The number of carbonyl (C=O) groups is 1. The van der Waals surface area contributed by atoms with E-state index in [9.17, 15) is 4.79 Å². The fourth-order valence-corrected chi connectivity index (χ4v) is 4.18. The molecule has 0 aliphatic heterocycles. The van der Waals surface area contributed by atoms with Gasteiger partial charge in [0.2, 0.25) is 5.91 Å². The van der Waals surface area contributed by atoms with Crippen LogP contribution in [0.15, 0.2) is 67.1 Å². The Balaban J connectivity index is 1.40. The van der Waals surface area contributed by atoms with Gasteiger partial charge in [-0.3, -0.25) is 9.89 Å². The number of H-pyrrole nitrogens is 2. The third-order valence-corrected chi connectivity index (χ3v) is 6.04. The van der Waals surface area contributed by atoms with Crippen molar-refractivity contribution in [3.8, 4) is 33.8 Å². The number of aryl methyl sites for hydroxylation is 1. The number of rotatable bonds is 5. The second-order valence-electron chi connectivity index (χ2n) is 8.54. The predicted molar refractivity (Wildman–Crippen MR) is 139 cm³/mol. The maximum atomic E-state index is 11.6. The maximum absolute atomic E-state index is 11.6. The van der Waals surface area contributed by atoms with Crippen molar-refractivity contribution in [2.24, 2.45) is 0 Å². The second-order valence-corrected chi connectivity index (χ2v) is 8.54. The molecule has 0 radical (unpaired) electrons. The molecule has 36 heavy (non-hydrogen) atoms. The molecule has 0 unspecified atom stereocenters. The van der Waals surface area contributed by atoms with Crippen LogP contribution < -0.4 is 5.32 Å². The zero-order chi connectivity index (χ0) is 24.6. The molecule has 9 nitrogen and oxygen atoms in total. The second kappa shape index (κ2) is 8.70. The summed E-state index contributed by atoms with van der Waals surface area (Å²) >= 11 is 0. The molecule has 1 amide bonds. The van der Waals surface area contributed by atoms with Gasteiger partial charge in [-0.05, 0) is 36.8 Å². The van der Waals surface area contributed by atoms with Gasteiger partial charge in [0, 0.05) is 41.7 Å². The molecule has 0 bridgehead atoms. The molecule has 9 heteroatoms. The molecule has 5 heterocycles. The lowest BCUT2D eigenvalue weighted by Gasteiger charge is -2.05. The molecule has 0 aliphatic rings. The van der Waals surface area contributed by atoms with E-state index in [1.165, 1.54) is 5.56 Å². The number of nitrogens with one attached hydrogen (secondary N) is 3. The Morgan fingerprint density at radius 1 is 0.944 bits per heavy atom. The van der Waals surface area contributed by atoms with Crippen molar-refractivity contribution >= 4 is 33.9 Å². The number of pyridine rings is 3. The molecule has 6 aromatic rings. The van der Waals surface area contributed by atoms with E-state index in [1.54, 1.807) is 31.6 Å². The number of imidazole rings is 1. The minimum atomic E-state index is -0.0766. The first-order valence-corrected chi connectivity index (χ1v) is 11.6. The number of anilines is 1. The Labute approximate surface area is 206 Å². The number of aromatic amines is 2. The van der Waals surface area contributed by atoms with Crippen molar-refractivity contribution in [1.29, 1.82) is 0 Å². The van der Waals surface area contributed by atoms with Crippen LogP contribution in [0.25, 0.3) is 56.0 Å². The molecule has 0 aliphatic carbocycles. The van der Waals surface area contributed by atoms with Crippen LogP contribution in [0.4, 0.5) is 5.82 Å². The van der Waals surface area contributed by atoms with Gasteiger partial charge in [0.15, 0.2) is 17.1 Å². The molecule has 0 spiro atoms. The molecule has 1 aromatic carbocycles. The summed E-state index contributed by atoms with van der Waals surface area (Å²) in [4.78, 5) is 33.2. The Morgan fingerprint density at radius 2 is 1.83 bits per heavy atom. The van der Waals surface area contributed by atoms with Crippen LogP contribution in [0.2, 0.25) is 0 Å². The summed E-state index contributed by atoms with van der Waals surface area (Å²) in [6.07, 6.45) is 5.66. The van der Waals surface area contributed by atoms with Gasteiger partial charge in [-0.1, -0.05) is 36.8 Å². The highest BCUT2D eigenvalue weighted by molar-refractivity contribution is 5.96. The monoisotopic (exact) mass is 474 g/mol. The smallest absolute Gasteiger partial charge is 0.225 e. The quantitative estimate of drug-likeness (QED) is 0.312. The standard InChI is InChI=1S/C27H22N8O/c1-3-22(36)31-21-8-7-17(13-29-21)18-12-20-24(34-35-25(20)30-14-18)27-32-23-19(9-10-28-26(23)33-27)16-6-4-5-15(2)11-16/h4-14H,3H2,1-2H3,(H,28,32,33)(H,29,31,36)(H,30,34,35). The molecule has 5 aromatic heterocycles. The summed E-state index contributed by atoms with van der Waals surface area (Å²) in [6, 6.07) is 16.0. The van der Waals surface area contributed by atoms with Gasteiger partial charge in [0.25, 0.3) is 0 Å². The van der Waals surface area contributed by atoms with E-state index in [4.69, 9.17) is 4.98 Å². The van der Waals surface area contributed by atoms with Gasteiger partial charge in [-0.25, -0.2) is 19.9 Å². The van der Waals surface area contributed by atoms with Crippen molar-refractivity contribution in [3.63, 3.8) is 0 Å². The number of hydrogen-bond acceptors (Lipinski definition) is 6. The van der Waals surface area contributed by atoms with E-state index in [2.05, 4.69) is 60.6 Å². The van der Waals surface area contributed by atoms with Crippen LogP contribution in [0.3, 0.4) is 0 Å². The average molecular weight is 475 g/mol. The van der Waals surface area contributed by atoms with Gasteiger partial charge in [-0.2, -0.15) is 5.10 Å². The van der Waals surface area contributed by atoms with Gasteiger partial charge < -0.3 is 10.3 Å². The summed E-state index contributed by atoms with van der Waals surface area (Å²) in [5, 5.41) is 11.1. The van der Waals surface area contributed by atoms with Crippen LogP contribution >= 0.6 is 0 Å². The molecule has 0 fully saturated rings. The Kier molecular flexibility index (Phi) is 5.22. The molecule has 6 rings (SSSR count). The zero-order valence-electron chi connectivity index (χ0n) is 19.7. The fourth-order valence-electron chi connectivity index (χ4n) is 4.18. The van der Waals surface area contributed by atoms with Crippen molar-refractivity contribution in [3.05, 3.63) is 72.7 Å². The van der Waals surface area contributed by atoms with E-state index in [1.807, 2.05) is 24.3 Å². The SMILES string of the molecule is CCC(=O)Nc1ccc(-c2cnc3[nH]nc(-c4nc5c(-c6cccc(C)c6)ccnc5[nH]4)c3c2)cn1. The molecular formula is C27H22N8O. The lowest BCUT2D eigenvalue weighted by molar-refractivity contribution is -0.115. The van der Waals surface area contributed by atoms with Crippen LogP contribution in [-0.2, 0) is 4.79 Å². The highest BCUT2D eigenvalue weighted by Gasteiger charge is 2.17. The molecule has 0 saturated carbocycles. The normalized spacial score (nSPS) is 11.3. The third-order valence-electron chi connectivity index (χ3n) is 6.04. The van der Waals surface area contributed by atoms with E-state index < -0.39 is 0 Å². The van der Waals surface area contributed by atoms with Crippen molar-refractivity contribution in [2.45, 2.75) is 20.3 Å². The first kappa shape index (κ1) is 21.6. The van der Waals surface area contributed by atoms with Crippen LogP contribution in [0.1, 0.15) is 18.9 Å². The summed E-state index contributed by atoms with van der Waals surface area (Å²) in [6.45, 7) is 3.87. The number of aromatic nitrogens is 7. The highest BCUT2D eigenvalue weighted by atomic mass is 16.1.